The van der Waals surface area contributed by atoms with Crippen molar-refractivity contribution in [2.24, 2.45) is 0 Å². The number of para-hydroxylation sites is 1. The fraction of sp³-hybridized carbons (Fsp3) is 0.176. The van der Waals surface area contributed by atoms with E-state index in [1.807, 2.05) is 42.5 Å². The second kappa shape index (κ2) is 6.41. The van der Waals surface area contributed by atoms with Gasteiger partial charge >= 0.3 is 0 Å². The molecule has 112 valence electrons. The van der Waals surface area contributed by atoms with Crippen molar-refractivity contribution in [3.63, 3.8) is 0 Å². The molecule has 0 fully saturated rings. The van der Waals surface area contributed by atoms with Crippen LogP contribution in [0.15, 0.2) is 54.9 Å². The Hall–Kier alpha value is -2.66. The maximum absolute atomic E-state index is 12.7. The van der Waals surface area contributed by atoms with E-state index in [0.717, 1.165) is 16.5 Å². The molecule has 0 atom stereocenters. The van der Waals surface area contributed by atoms with Crippen LogP contribution in [0.2, 0.25) is 0 Å². The number of nitrogens with zero attached hydrogens (tertiary/aromatic N) is 2. The van der Waals surface area contributed by atoms with E-state index < -0.39 is 0 Å². The normalized spacial score (nSPS) is 10.8. The molecule has 0 unspecified atom stereocenters. The second-order valence-electron chi connectivity index (χ2n) is 5.08. The van der Waals surface area contributed by atoms with Crippen molar-refractivity contribution in [3.8, 4) is 0 Å². The second-order valence-corrected chi connectivity index (χ2v) is 5.08. The predicted octanol–water partition coefficient (Wildman–Crippen LogP) is 2.20. The van der Waals surface area contributed by atoms with Crippen LogP contribution in [0.4, 0.5) is 0 Å². The van der Waals surface area contributed by atoms with E-state index in [-0.39, 0.29) is 19.1 Å². The van der Waals surface area contributed by atoms with E-state index in [0.29, 0.717) is 12.2 Å². The molecule has 0 aliphatic carbocycles. The van der Waals surface area contributed by atoms with Crippen molar-refractivity contribution in [2.75, 3.05) is 13.2 Å². The molecule has 3 aromatic rings. The maximum atomic E-state index is 12.7. The Kier molecular flexibility index (Phi) is 4.16. The number of rotatable bonds is 5. The molecule has 1 amide bonds. The Morgan fingerprint density at radius 3 is 2.82 bits per heavy atom. The summed E-state index contributed by atoms with van der Waals surface area (Å²) in [4.78, 5) is 21.5. The highest BCUT2D eigenvalue weighted by Crippen LogP contribution is 2.17. The van der Waals surface area contributed by atoms with Crippen LogP contribution in [0.5, 0.6) is 0 Å². The zero-order valence-corrected chi connectivity index (χ0v) is 12.1. The third-order valence-corrected chi connectivity index (χ3v) is 3.51. The highest BCUT2D eigenvalue weighted by molar-refractivity contribution is 5.98. The summed E-state index contributed by atoms with van der Waals surface area (Å²) in [5, 5.41) is 10.2. The van der Waals surface area contributed by atoms with Gasteiger partial charge in [-0.05, 0) is 23.8 Å². The lowest BCUT2D eigenvalue weighted by atomic mass is 10.2. The highest BCUT2D eigenvalue weighted by atomic mass is 16.3. The molecule has 2 heterocycles. The zero-order chi connectivity index (χ0) is 15.4. The number of hydrogen-bond acceptors (Lipinski definition) is 3. The Morgan fingerprint density at radius 1 is 1.23 bits per heavy atom. The van der Waals surface area contributed by atoms with Crippen LogP contribution in [0.3, 0.4) is 0 Å². The van der Waals surface area contributed by atoms with Crippen molar-refractivity contribution < 1.29 is 9.90 Å². The molecule has 5 nitrogen and oxygen atoms in total. The van der Waals surface area contributed by atoms with Gasteiger partial charge in [0.25, 0.3) is 5.91 Å². The van der Waals surface area contributed by atoms with Gasteiger partial charge in [0.1, 0.15) is 5.69 Å². The molecule has 0 saturated carbocycles. The van der Waals surface area contributed by atoms with Gasteiger partial charge < -0.3 is 15.0 Å². The molecule has 2 N–H and O–H groups in total. The Balaban J connectivity index is 1.85. The lowest BCUT2D eigenvalue weighted by Crippen LogP contribution is -2.33. The van der Waals surface area contributed by atoms with Crippen LogP contribution in [-0.2, 0) is 6.54 Å². The standard InChI is InChI=1S/C17H17N3O2/c21-9-8-20(12-13-4-3-7-18-11-13)17(22)16-10-14-5-1-2-6-15(14)19-16/h1-7,10-11,19,21H,8-9,12H2. The number of aromatic nitrogens is 2. The van der Waals surface area contributed by atoms with E-state index >= 15 is 0 Å². The van der Waals surface area contributed by atoms with Crippen molar-refractivity contribution in [2.45, 2.75) is 6.54 Å². The van der Waals surface area contributed by atoms with E-state index in [9.17, 15) is 9.90 Å². The number of aromatic amines is 1. The summed E-state index contributed by atoms with van der Waals surface area (Å²) in [6.45, 7) is 0.623. The number of carbonyl (C=O) groups excluding carboxylic acids is 1. The molecule has 0 aliphatic rings. The number of benzene rings is 1. The molecule has 1 aromatic carbocycles. The molecule has 0 aliphatic heterocycles. The van der Waals surface area contributed by atoms with E-state index in [1.54, 1.807) is 17.3 Å². The first-order valence-corrected chi connectivity index (χ1v) is 7.15. The average Bonchev–Trinajstić information content (AvgIpc) is 2.99. The van der Waals surface area contributed by atoms with Gasteiger partial charge in [-0.15, -0.1) is 0 Å². The summed E-state index contributed by atoms with van der Waals surface area (Å²) < 4.78 is 0. The number of fused-ring (bicyclic) bond motifs is 1. The first-order valence-electron chi connectivity index (χ1n) is 7.15. The van der Waals surface area contributed by atoms with E-state index in [4.69, 9.17) is 0 Å². The van der Waals surface area contributed by atoms with Gasteiger partial charge in [-0.25, -0.2) is 0 Å². The van der Waals surface area contributed by atoms with Crippen molar-refractivity contribution in [1.82, 2.24) is 14.9 Å². The molecular weight excluding hydrogens is 278 g/mol. The van der Waals surface area contributed by atoms with Gasteiger partial charge in [-0.1, -0.05) is 24.3 Å². The number of H-pyrrole nitrogens is 1. The highest BCUT2D eigenvalue weighted by Gasteiger charge is 2.17. The summed E-state index contributed by atoms with van der Waals surface area (Å²) in [5.41, 5.74) is 2.38. The van der Waals surface area contributed by atoms with Crippen molar-refractivity contribution >= 4 is 16.8 Å². The predicted molar refractivity (Wildman–Crippen MR) is 84.4 cm³/mol. The summed E-state index contributed by atoms with van der Waals surface area (Å²) in [7, 11) is 0. The van der Waals surface area contributed by atoms with E-state index in [2.05, 4.69) is 9.97 Å². The summed E-state index contributed by atoms with van der Waals surface area (Å²) in [6.07, 6.45) is 3.42. The topological polar surface area (TPSA) is 69.2 Å². The van der Waals surface area contributed by atoms with Crippen LogP contribution in [0.1, 0.15) is 16.1 Å². The van der Waals surface area contributed by atoms with Crippen molar-refractivity contribution in [3.05, 3.63) is 66.1 Å². The monoisotopic (exact) mass is 295 g/mol. The molecule has 0 bridgehead atoms. The third-order valence-electron chi connectivity index (χ3n) is 3.51. The summed E-state index contributed by atoms with van der Waals surface area (Å²) in [6, 6.07) is 13.3. The van der Waals surface area contributed by atoms with Gasteiger partial charge in [0, 0.05) is 36.4 Å². The van der Waals surface area contributed by atoms with Gasteiger partial charge in [0.15, 0.2) is 0 Å². The van der Waals surface area contributed by atoms with Gasteiger partial charge in [-0.2, -0.15) is 0 Å². The quantitative estimate of drug-likeness (QED) is 0.758. The first-order chi connectivity index (χ1) is 10.8. The summed E-state index contributed by atoms with van der Waals surface area (Å²) >= 11 is 0. The first kappa shape index (κ1) is 14.3. The fourth-order valence-corrected chi connectivity index (χ4v) is 2.44. The molecule has 3 rings (SSSR count). The van der Waals surface area contributed by atoms with E-state index in [1.165, 1.54) is 0 Å². The van der Waals surface area contributed by atoms with Gasteiger partial charge in [-0.3, -0.25) is 9.78 Å². The lowest BCUT2D eigenvalue weighted by molar-refractivity contribution is 0.0703. The number of amides is 1. The third kappa shape index (κ3) is 2.99. The maximum Gasteiger partial charge on any atom is 0.270 e. The van der Waals surface area contributed by atoms with Gasteiger partial charge in [0.2, 0.25) is 0 Å². The zero-order valence-electron chi connectivity index (χ0n) is 12.1. The lowest BCUT2D eigenvalue weighted by Gasteiger charge is -2.21. The number of pyridine rings is 1. The molecule has 2 aromatic heterocycles. The van der Waals surface area contributed by atoms with Crippen LogP contribution >= 0.6 is 0 Å². The minimum atomic E-state index is -0.130. The number of nitrogens with one attached hydrogen (secondary N) is 1. The van der Waals surface area contributed by atoms with Crippen molar-refractivity contribution in [1.29, 1.82) is 0 Å². The molecule has 0 radical (unpaired) electrons. The van der Waals surface area contributed by atoms with Crippen LogP contribution in [-0.4, -0.2) is 39.0 Å². The van der Waals surface area contributed by atoms with Gasteiger partial charge in [0.05, 0.1) is 6.61 Å². The number of hydrogen-bond donors (Lipinski definition) is 2. The molecule has 0 saturated heterocycles. The Bertz CT molecular complexity index is 735. The Morgan fingerprint density at radius 2 is 2.09 bits per heavy atom. The SMILES string of the molecule is O=C(c1cc2ccccc2[nH]1)N(CCO)Cc1cccnc1. The largest absolute Gasteiger partial charge is 0.395 e. The van der Waals surface area contributed by atoms with Crippen LogP contribution in [0, 0.1) is 0 Å². The smallest absolute Gasteiger partial charge is 0.270 e. The number of aliphatic hydroxyl groups is 1. The van der Waals surface area contributed by atoms with Crippen LogP contribution in [0.25, 0.3) is 10.9 Å². The number of aliphatic hydroxyl groups excluding tert-OH is 1. The fourth-order valence-electron chi connectivity index (χ4n) is 2.44. The molecular formula is C17H17N3O2. The molecule has 22 heavy (non-hydrogen) atoms. The Labute approximate surface area is 128 Å². The number of carbonyl (C=O) groups is 1. The summed E-state index contributed by atoms with van der Waals surface area (Å²) in [5.74, 6) is -0.130. The molecule has 0 spiro atoms. The molecule has 5 heteroatoms. The minimum Gasteiger partial charge on any atom is -0.395 e. The average molecular weight is 295 g/mol. The van der Waals surface area contributed by atoms with Crippen LogP contribution < -0.4 is 0 Å². The minimum absolute atomic E-state index is 0.0772.